The summed E-state index contributed by atoms with van der Waals surface area (Å²) in [7, 11) is 0. The highest BCUT2D eigenvalue weighted by Gasteiger charge is 2.41. The summed E-state index contributed by atoms with van der Waals surface area (Å²) in [6.45, 7) is 5.17. The lowest BCUT2D eigenvalue weighted by Crippen LogP contribution is -2.32. The first-order valence-electron chi connectivity index (χ1n) is 21.4. The van der Waals surface area contributed by atoms with Gasteiger partial charge in [0.25, 0.3) is 0 Å². The van der Waals surface area contributed by atoms with Gasteiger partial charge in [-0.1, -0.05) is 146 Å². The van der Waals surface area contributed by atoms with E-state index < -0.39 is 11.5 Å². The topological polar surface area (TPSA) is 104 Å². The molecular weight excluding hydrogens is 640 g/mol. The maximum Gasteiger partial charge on any atom is 0.438 e. The fourth-order valence-corrected chi connectivity index (χ4v) is 6.86. The van der Waals surface area contributed by atoms with Crippen molar-refractivity contribution in [3.05, 3.63) is 40.7 Å². The summed E-state index contributed by atoms with van der Waals surface area (Å²) in [5.74, 6) is -1.20. The molecule has 294 valence electrons. The normalized spacial score (nSPS) is 15.8. The van der Waals surface area contributed by atoms with Gasteiger partial charge in [-0.3, -0.25) is 14.3 Å². The standard InChI is InChI=1S/C43H76N2O6/c1-3-5-7-9-11-13-15-17-19-21-23-25-27-29-31-35-43(36-32-30-28-26-24-22-20-18-16-14-12-10-8-6-4-2)49-38-39(50-43)37-48-41(46)34-33-40-44-42(47)51-45-40/h17-20,39H,3-16,21-38H2,1-2H3,(H,44,45,47)/b19-17-,20-18-. The molecule has 0 spiro atoms. The summed E-state index contributed by atoms with van der Waals surface area (Å²) in [5.41, 5.74) is 0. The smallest absolute Gasteiger partial charge is 0.438 e. The van der Waals surface area contributed by atoms with Gasteiger partial charge in [0.2, 0.25) is 0 Å². The Hall–Kier alpha value is -2.19. The van der Waals surface area contributed by atoms with E-state index in [1.165, 1.54) is 154 Å². The first-order valence-corrected chi connectivity index (χ1v) is 21.4. The van der Waals surface area contributed by atoms with E-state index in [0.717, 1.165) is 25.7 Å². The van der Waals surface area contributed by atoms with Crippen LogP contribution in [0.3, 0.4) is 0 Å². The molecule has 8 nitrogen and oxygen atoms in total. The molecule has 1 fully saturated rings. The summed E-state index contributed by atoms with van der Waals surface area (Å²) in [6.07, 6.45) is 44.8. The Kier molecular flexibility index (Phi) is 27.6. The lowest BCUT2D eigenvalue weighted by atomic mass is 9.99. The quantitative estimate of drug-likeness (QED) is 0.0423. The second-order valence-electron chi connectivity index (χ2n) is 14.9. The number of aromatic amines is 1. The van der Waals surface area contributed by atoms with Gasteiger partial charge in [0.05, 0.1) is 13.0 Å². The number of rotatable bonds is 35. The Bertz CT molecular complexity index is 1020. The Morgan fingerprint density at radius 2 is 1.16 bits per heavy atom. The molecule has 2 rings (SSSR count). The summed E-state index contributed by atoms with van der Waals surface area (Å²) < 4.78 is 22.9. The maximum atomic E-state index is 12.3. The SMILES string of the molecule is CCCCCCCC/C=C\CCCCCCCC1(CCCCCCC/C=C\CCCCCCCC)OCC(COC(=O)CCc2noc(=O)[nH]2)O1. The number of nitrogens with one attached hydrogen (secondary N) is 1. The fourth-order valence-electron chi connectivity index (χ4n) is 6.86. The molecule has 1 aliphatic heterocycles. The Morgan fingerprint density at radius 1 is 0.706 bits per heavy atom. The minimum absolute atomic E-state index is 0.116. The lowest BCUT2D eigenvalue weighted by Gasteiger charge is -2.28. The third kappa shape index (κ3) is 24.6. The molecule has 0 saturated carbocycles. The predicted molar refractivity (Wildman–Crippen MR) is 209 cm³/mol. The molecule has 0 aromatic carbocycles. The van der Waals surface area contributed by atoms with Crippen LogP contribution in [-0.2, 0) is 25.4 Å². The molecule has 0 amide bonds. The first kappa shape index (κ1) is 45.0. The van der Waals surface area contributed by atoms with E-state index in [9.17, 15) is 9.59 Å². The summed E-state index contributed by atoms with van der Waals surface area (Å²) in [6, 6.07) is 0. The van der Waals surface area contributed by atoms with Gasteiger partial charge in [-0.15, -0.1) is 0 Å². The van der Waals surface area contributed by atoms with Crippen LogP contribution in [0.15, 0.2) is 33.6 Å². The van der Waals surface area contributed by atoms with Crippen LogP contribution in [0.5, 0.6) is 0 Å². The number of aryl methyl sites for hydroxylation is 1. The number of aromatic nitrogens is 2. The van der Waals surface area contributed by atoms with Crippen molar-refractivity contribution in [1.29, 1.82) is 0 Å². The van der Waals surface area contributed by atoms with Crippen molar-refractivity contribution >= 4 is 5.97 Å². The van der Waals surface area contributed by atoms with Gasteiger partial charge < -0.3 is 14.2 Å². The van der Waals surface area contributed by atoms with Crippen LogP contribution >= 0.6 is 0 Å². The zero-order valence-electron chi connectivity index (χ0n) is 32.9. The molecule has 51 heavy (non-hydrogen) atoms. The number of H-pyrrole nitrogens is 1. The van der Waals surface area contributed by atoms with Crippen molar-refractivity contribution in [1.82, 2.24) is 10.1 Å². The lowest BCUT2D eigenvalue weighted by molar-refractivity contribution is -0.186. The zero-order valence-corrected chi connectivity index (χ0v) is 32.9. The molecule has 0 radical (unpaired) electrons. The molecule has 1 aliphatic rings. The van der Waals surface area contributed by atoms with Crippen LogP contribution in [-0.4, -0.2) is 41.2 Å². The van der Waals surface area contributed by atoms with Crippen LogP contribution in [0.1, 0.15) is 206 Å². The average molecular weight is 717 g/mol. The van der Waals surface area contributed by atoms with E-state index in [2.05, 4.69) is 52.8 Å². The number of hydrogen-bond acceptors (Lipinski definition) is 7. The van der Waals surface area contributed by atoms with Crippen molar-refractivity contribution in [2.24, 2.45) is 0 Å². The van der Waals surface area contributed by atoms with Crippen molar-refractivity contribution in [2.75, 3.05) is 13.2 Å². The minimum Gasteiger partial charge on any atom is -0.463 e. The van der Waals surface area contributed by atoms with Crippen LogP contribution < -0.4 is 5.76 Å². The number of carbonyl (C=O) groups excluding carboxylic acids is 1. The third-order valence-corrected chi connectivity index (χ3v) is 10.0. The molecule has 0 bridgehead atoms. The van der Waals surface area contributed by atoms with Crippen LogP contribution in [0, 0.1) is 0 Å². The number of carbonyl (C=O) groups is 1. The van der Waals surface area contributed by atoms with Gasteiger partial charge in [0.1, 0.15) is 12.7 Å². The van der Waals surface area contributed by atoms with Crippen molar-refractivity contribution in [3.63, 3.8) is 0 Å². The van der Waals surface area contributed by atoms with Gasteiger partial charge in [-0.2, -0.15) is 0 Å². The zero-order chi connectivity index (χ0) is 36.5. The number of allylic oxidation sites excluding steroid dienone is 4. The Balaban J connectivity index is 1.62. The molecule has 1 saturated heterocycles. The van der Waals surface area contributed by atoms with E-state index in [-0.39, 0.29) is 31.5 Å². The van der Waals surface area contributed by atoms with E-state index >= 15 is 0 Å². The number of esters is 1. The molecule has 1 aromatic heterocycles. The molecular formula is C43H76N2O6. The Labute approximate surface area is 311 Å². The van der Waals surface area contributed by atoms with Crippen LogP contribution in [0.2, 0.25) is 0 Å². The van der Waals surface area contributed by atoms with Crippen molar-refractivity contribution < 1.29 is 23.5 Å². The summed E-state index contributed by atoms with van der Waals surface area (Å²) in [5, 5.41) is 3.60. The minimum atomic E-state index is -0.622. The summed E-state index contributed by atoms with van der Waals surface area (Å²) >= 11 is 0. The average Bonchev–Trinajstić information content (AvgIpc) is 3.75. The molecule has 1 atom stereocenters. The number of unbranched alkanes of at least 4 members (excludes halogenated alkanes) is 22. The molecule has 8 heteroatoms. The van der Waals surface area contributed by atoms with Gasteiger partial charge in [0.15, 0.2) is 11.6 Å². The third-order valence-electron chi connectivity index (χ3n) is 10.0. The second kappa shape index (κ2) is 31.3. The van der Waals surface area contributed by atoms with Gasteiger partial charge in [-0.05, 0) is 64.2 Å². The first-order chi connectivity index (χ1) is 25.1. The highest BCUT2D eigenvalue weighted by molar-refractivity contribution is 5.69. The van der Waals surface area contributed by atoms with Gasteiger partial charge >= 0.3 is 11.7 Å². The largest absolute Gasteiger partial charge is 0.463 e. The Morgan fingerprint density at radius 3 is 1.61 bits per heavy atom. The van der Waals surface area contributed by atoms with E-state index in [1.807, 2.05) is 0 Å². The summed E-state index contributed by atoms with van der Waals surface area (Å²) in [4.78, 5) is 25.9. The van der Waals surface area contributed by atoms with Gasteiger partial charge in [0, 0.05) is 19.3 Å². The molecule has 2 heterocycles. The molecule has 1 unspecified atom stereocenters. The van der Waals surface area contributed by atoms with Crippen LogP contribution in [0.25, 0.3) is 0 Å². The molecule has 1 N–H and O–H groups in total. The number of nitrogens with zero attached hydrogens (tertiary/aromatic N) is 1. The monoisotopic (exact) mass is 717 g/mol. The second-order valence-corrected chi connectivity index (χ2v) is 14.9. The van der Waals surface area contributed by atoms with Gasteiger partial charge in [-0.25, -0.2) is 4.79 Å². The van der Waals surface area contributed by atoms with E-state index in [4.69, 9.17) is 14.2 Å². The van der Waals surface area contributed by atoms with E-state index in [0.29, 0.717) is 12.4 Å². The maximum absolute atomic E-state index is 12.3. The highest BCUT2D eigenvalue weighted by atomic mass is 16.8. The van der Waals surface area contributed by atoms with Crippen molar-refractivity contribution in [2.45, 2.75) is 218 Å². The van der Waals surface area contributed by atoms with E-state index in [1.54, 1.807) is 0 Å². The van der Waals surface area contributed by atoms with Crippen molar-refractivity contribution in [3.8, 4) is 0 Å². The highest BCUT2D eigenvalue weighted by Crippen LogP contribution is 2.35. The molecule has 0 aliphatic carbocycles. The predicted octanol–water partition coefficient (Wildman–Crippen LogP) is 12.0. The number of hydrogen-bond donors (Lipinski definition) is 1. The molecule has 1 aromatic rings. The fraction of sp³-hybridized carbons (Fsp3) is 0.837. The number of ether oxygens (including phenoxy) is 3. The van der Waals surface area contributed by atoms with Crippen LogP contribution in [0.4, 0.5) is 0 Å².